The summed E-state index contributed by atoms with van der Waals surface area (Å²) in [7, 11) is 0. The molecule has 0 spiro atoms. The predicted molar refractivity (Wildman–Crippen MR) is 129 cm³/mol. The molecule has 2 aliphatic rings. The van der Waals surface area contributed by atoms with Crippen molar-refractivity contribution in [2.45, 2.75) is 0 Å². The molecule has 0 atom stereocenters. The SMILES string of the molecule is O=C(Nc1ccc(N2CCN(CC(=O)N3CCOCC3)CC2)cc1C(=O)O)c1cccc(Cl)c1. The number of nitrogens with zero attached hydrogens (tertiary/aromatic N) is 3. The summed E-state index contributed by atoms with van der Waals surface area (Å²) in [6.07, 6.45) is 0. The zero-order chi connectivity index (χ0) is 24.1. The number of anilines is 2. The molecule has 10 heteroatoms. The van der Waals surface area contributed by atoms with E-state index in [9.17, 15) is 19.5 Å². The number of hydrogen-bond acceptors (Lipinski definition) is 6. The van der Waals surface area contributed by atoms with Crippen molar-refractivity contribution in [2.75, 3.05) is 69.2 Å². The number of rotatable bonds is 6. The van der Waals surface area contributed by atoms with Gasteiger partial charge in [-0.3, -0.25) is 14.5 Å². The largest absolute Gasteiger partial charge is 0.478 e. The van der Waals surface area contributed by atoms with Crippen molar-refractivity contribution in [3.63, 3.8) is 0 Å². The molecule has 0 aromatic heterocycles. The Morgan fingerprint density at radius 2 is 1.71 bits per heavy atom. The van der Waals surface area contributed by atoms with Gasteiger partial charge in [0.2, 0.25) is 5.91 Å². The third-order valence-corrected chi connectivity index (χ3v) is 6.26. The molecule has 2 aliphatic heterocycles. The number of carbonyl (C=O) groups excluding carboxylic acids is 2. The molecule has 2 heterocycles. The zero-order valence-electron chi connectivity index (χ0n) is 18.7. The maximum atomic E-state index is 12.5. The van der Waals surface area contributed by atoms with Crippen molar-refractivity contribution in [1.29, 1.82) is 0 Å². The van der Waals surface area contributed by atoms with Gasteiger partial charge in [-0.1, -0.05) is 17.7 Å². The molecular weight excluding hydrogens is 460 g/mol. The van der Waals surface area contributed by atoms with Crippen LogP contribution in [-0.4, -0.2) is 91.7 Å². The van der Waals surface area contributed by atoms with Crippen LogP contribution in [0.25, 0.3) is 0 Å². The third kappa shape index (κ3) is 5.85. The highest BCUT2D eigenvalue weighted by Gasteiger charge is 2.24. The van der Waals surface area contributed by atoms with E-state index in [-0.39, 0.29) is 17.2 Å². The summed E-state index contributed by atoms with van der Waals surface area (Å²) in [5.41, 5.74) is 1.33. The molecule has 2 N–H and O–H groups in total. The molecule has 0 unspecified atom stereocenters. The van der Waals surface area contributed by atoms with Crippen molar-refractivity contribution in [1.82, 2.24) is 9.80 Å². The van der Waals surface area contributed by atoms with Gasteiger partial charge in [0.05, 0.1) is 31.0 Å². The number of nitrogens with one attached hydrogen (secondary N) is 1. The smallest absolute Gasteiger partial charge is 0.337 e. The van der Waals surface area contributed by atoms with E-state index in [1.54, 1.807) is 36.4 Å². The maximum Gasteiger partial charge on any atom is 0.337 e. The van der Waals surface area contributed by atoms with Crippen molar-refractivity contribution in [3.05, 3.63) is 58.6 Å². The second kappa shape index (κ2) is 10.9. The molecule has 2 saturated heterocycles. The van der Waals surface area contributed by atoms with Gasteiger partial charge in [0.15, 0.2) is 0 Å². The van der Waals surface area contributed by atoms with Crippen LogP contribution < -0.4 is 10.2 Å². The van der Waals surface area contributed by atoms with Crippen LogP contribution in [0.2, 0.25) is 5.02 Å². The lowest BCUT2D eigenvalue weighted by atomic mass is 10.1. The van der Waals surface area contributed by atoms with E-state index in [0.717, 1.165) is 5.69 Å². The van der Waals surface area contributed by atoms with Crippen LogP contribution in [0.4, 0.5) is 11.4 Å². The highest BCUT2D eigenvalue weighted by molar-refractivity contribution is 6.31. The summed E-state index contributed by atoms with van der Waals surface area (Å²) in [6.45, 7) is 5.56. The number of carboxylic acid groups (broad SMARTS) is 1. The van der Waals surface area contributed by atoms with Crippen LogP contribution in [-0.2, 0) is 9.53 Å². The molecule has 180 valence electrons. The summed E-state index contributed by atoms with van der Waals surface area (Å²) in [4.78, 5) is 43.0. The molecule has 2 aromatic rings. The number of amides is 2. The molecule has 0 aliphatic carbocycles. The Labute approximate surface area is 202 Å². The Balaban J connectivity index is 1.38. The zero-order valence-corrected chi connectivity index (χ0v) is 19.5. The van der Waals surface area contributed by atoms with Gasteiger partial charge in [0, 0.05) is 55.5 Å². The van der Waals surface area contributed by atoms with Gasteiger partial charge in [-0.25, -0.2) is 4.79 Å². The van der Waals surface area contributed by atoms with E-state index < -0.39 is 11.9 Å². The molecular formula is C24H27ClN4O5. The van der Waals surface area contributed by atoms with Crippen LogP contribution >= 0.6 is 11.6 Å². The monoisotopic (exact) mass is 486 g/mol. The fraction of sp³-hybridized carbons (Fsp3) is 0.375. The van der Waals surface area contributed by atoms with Gasteiger partial charge in [-0.2, -0.15) is 0 Å². The standard InChI is InChI=1S/C24H27ClN4O5/c25-18-3-1-2-17(14-18)23(31)26-21-5-4-19(15-20(21)24(32)33)28-8-6-27(7-9-28)16-22(30)29-10-12-34-13-11-29/h1-5,14-15H,6-13,16H2,(H,26,31)(H,32,33). The van der Waals surface area contributed by atoms with E-state index >= 15 is 0 Å². The van der Waals surface area contributed by atoms with E-state index in [4.69, 9.17) is 16.3 Å². The summed E-state index contributed by atoms with van der Waals surface area (Å²) >= 11 is 5.95. The van der Waals surface area contributed by atoms with Crippen molar-refractivity contribution in [2.24, 2.45) is 0 Å². The number of carboxylic acids is 1. The molecule has 34 heavy (non-hydrogen) atoms. The normalized spacial score (nSPS) is 16.9. The number of ether oxygens (including phenoxy) is 1. The number of piperazine rings is 1. The first-order valence-corrected chi connectivity index (χ1v) is 11.6. The lowest BCUT2D eigenvalue weighted by molar-refractivity contribution is -0.136. The number of halogens is 1. The minimum atomic E-state index is -1.13. The fourth-order valence-corrected chi connectivity index (χ4v) is 4.30. The second-order valence-electron chi connectivity index (χ2n) is 8.26. The van der Waals surface area contributed by atoms with Crippen LogP contribution in [0.1, 0.15) is 20.7 Å². The molecule has 9 nitrogen and oxygen atoms in total. The second-order valence-corrected chi connectivity index (χ2v) is 8.69. The van der Waals surface area contributed by atoms with Crippen LogP contribution in [0.15, 0.2) is 42.5 Å². The first-order valence-electron chi connectivity index (χ1n) is 11.2. The highest BCUT2D eigenvalue weighted by Crippen LogP contribution is 2.25. The molecule has 2 fully saturated rings. The highest BCUT2D eigenvalue weighted by atomic mass is 35.5. The van der Waals surface area contributed by atoms with Gasteiger partial charge < -0.3 is 25.0 Å². The average molecular weight is 487 g/mol. The Hall–Kier alpha value is -3.14. The number of carbonyl (C=O) groups is 3. The Bertz CT molecular complexity index is 1070. The van der Waals surface area contributed by atoms with Crippen LogP contribution in [0.3, 0.4) is 0 Å². The Kier molecular flexibility index (Phi) is 7.66. The minimum absolute atomic E-state index is 0.0119. The lowest BCUT2D eigenvalue weighted by Gasteiger charge is -2.37. The molecule has 2 amide bonds. The Morgan fingerprint density at radius 1 is 0.971 bits per heavy atom. The van der Waals surface area contributed by atoms with E-state index in [0.29, 0.717) is 69.6 Å². The van der Waals surface area contributed by atoms with E-state index in [1.165, 1.54) is 6.07 Å². The molecule has 2 aromatic carbocycles. The van der Waals surface area contributed by atoms with Gasteiger partial charge in [0.1, 0.15) is 0 Å². The first-order chi connectivity index (χ1) is 16.4. The lowest BCUT2D eigenvalue weighted by Crippen LogP contribution is -2.51. The summed E-state index contributed by atoms with van der Waals surface area (Å²) in [6, 6.07) is 11.4. The van der Waals surface area contributed by atoms with E-state index in [1.807, 2.05) is 4.90 Å². The predicted octanol–water partition coefficient (Wildman–Crippen LogP) is 2.27. The molecule has 0 saturated carbocycles. The summed E-state index contributed by atoms with van der Waals surface area (Å²) in [5.74, 6) is -1.45. The summed E-state index contributed by atoms with van der Waals surface area (Å²) in [5, 5.41) is 12.8. The quantitative estimate of drug-likeness (QED) is 0.645. The fourth-order valence-electron chi connectivity index (χ4n) is 4.11. The first kappa shape index (κ1) is 24.0. The average Bonchev–Trinajstić information content (AvgIpc) is 2.85. The van der Waals surface area contributed by atoms with E-state index in [2.05, 4.69) is 15.1 Å². The summed E-state index contributed by atoms with van der Waals surface area (Å²) < 4.78 is 5.30. The van der Waals surface area contributed by atoms with Crippen molar-refractivity contribution >= 4 is 40.8 Å². The van der Waals surface area contributed by atoms with Crippen LogP contribution in [0.5, 0.6) is 0 Å². The Morgan fingerprint density at radius 3 is 2.38 bits per heavy atom. The molecule has 0 radical (unpaired) electrons. The van der Waals surface area contributed by atoms with Crippen LogP contribution in [0, 0.1) is 0 Å². The topological polar surface area (TPSA) is 102 Å². The number of benzene rings is 2. The van der Waals surface area contributed by atoms with Gasteiger partial charge in [0.25, 0.3) is 5.91 Å². The van der Waals surface area contributed by atoms with Crippen molar-refractivity contribution in [3.8, 4) is 0 Å². The third-order valence-electron chi connectivity index (χ3n) is 6.03. The number of hydrogen-bond donors (Lipinski definition) is 2. The van der Waals surface area contributed by atoms with Gasteiger partial charge in [-0.05, 0) is 36.4 Å². The van der Waals surface area contributed by atoms with Crippen molar-refractivity contribution < 1.29 is 24.2 Å². The minimum Gasteiger partial charge on any atom is -0.478 e. The van der Waals surface area contributed by atoms with Gasteiger partial charge in [-0.15, -0.1) is 0 Å². The number of aromatic carboxylic acids is 1. The molecule has 4 rings (SSSR count). The number of morpholine rings is 1. The van der Waals surface area contributed by atoms with Gasteiger partial charge >= 0.3 is 5.97 Å². The molecule has 0 bridgehead atoms. The maximum absolute atomic E-state index is 12.5.